The van der Waals surface area contributed by atoms with Crippen LogP contribution in [0.1, 0.15) is 55.5 Å². The van der Waals surface area contributed by atoms with Crippen LogP contribution in [-0.2, 0) is 11.3 Å². The summed E-state index contributed by atoms with van der Waals surface area (Å²) in [7, 11) is 0. The Morgan fingerprint density at radius 1 is 1.07 bits per heavy atom. The van der Waals surface area contributed by atoms with Gasteiger partial charge in [0.15, 0.2) is 5.82 Å². The van der Waals surface area contributed by atoms with E-state index in [1.165, 1.54) is 0 Å². The molecule has 0 spiro atoms. The zero-order valence-corrected chi connectivity index (χ0v) is 24.6. The average Bonchev–Trinajstić information content (AvgIpc) is 3.34. The molecule has 3 aromatic rings. The molecular weight excluding hydrogens is 528 g/mol. The van der Waals surface area contributed by atoms with E-state index in [-0.39, 0.29) is 11.9 Å². The van der Waals surface area contributed by atoms with Crippen molar-refractivity contribution in [1.82, 2.24) is 14.9 Å². The van der Waals surface area contributed by atoms with Crippen molar-refractivity contribution in [3.8, 4) is 16.9 Å². The van der Waals surface area contributed by atoms with Gasteiger partial charge < -0.3 is 19.7 Å². The van der Waals surface area contributed by atoms with E-state index in [0.29, 0.717) is 56.8 Å². The monoisotopic (exact) mass is 566 g/mol. The lowest BCUT2D eigenvalue weighted by atomic mass is 10.1. The van der Waals surface area contributed by atoms with Crippen molar-refractivity contribution < 1.29 is 14.3 Å². The molecule has 2 aliphatic rings. The van der Waals surface area contributed by atoms with Gasteiger partial charge in [0.2, 0.25) is 0 Å². The number of fused-ring (bicyclic) bond motifs is 1. The highest BCUT2D eigenvalue weighted by atomic mass is 16.5. The number of anilines is 2. The minimum absolute atomic E-state index is 0.0508. The van der Waals surface area contributed by atoms with Crippen molar-refractivity contribution in [2.75, 3.05) is 38.2 Å². The third-order valence-corrected chi connectivity index (χ3v) is 7.21. The predicted octanol–water partition coefficient (Wildman–Crippen LogP) is 6.85. The van der Waals surface area contributed by atoms with Crippen molar-refractivity contribution in [3.05, 3.63) is 83.8 Å². The van der Waals surface area contributed by atoms with Gasteiger partial charge in [0.1, 0.15) is 23.9 Å². The van der Waals surface area contributed by atoms with E-state index in [9.17, 15) is 4.79 Å². The number of amides is 1. The van der Waals surface area contributed by atoms with Gasteiger partial charge >= 0.3 is 0 Å². The normalized spacial score (nSPS) is 14.8. The first-order chi connectivity index (χ1) is 20.4. The molecule has 9 nitrogen and oxygen atoms in total. The third kappa shape index (κ3) is 7.09. The maximum absolute atomic E-state index is 13.2. The molecule has 0 radical (unpaired) electrons. The fraction of sp³-hybridized carbons (Fsp3) is 0.364. The number of hydrogen-bond acceptors (Lipinski definition) is 8. The molecule has 2 aliphatic heterocycles. The molecule has 218 valence electrons. The van der Waals surface area contributed by atoms with Gasteiger partial charge in [-0.25, -0.2) is 9.97 Å². The van der Waals surface area contributed by atoms with E-state index in [0.717, 1.165) is 52.1 Å². The summed E-state index contributed by atoms with van der Waals surface area (Å²) in [4.78, 5) is 24.6. The van der Waals surface area contributed by atoms with Gasteiger partial charge in [-0.3, -0.25) is 4.79 Å². The lowest BCUT2D eigenvalue weighted by Gasteiger charge is -2.19. The molecule has 1 aromatic heterocycles. The van der Waals surface area contributed by atoms with Crippen molar-refractivity contribution in [3.63, 3.8) is 0 Å². The highest BCUT2D eigenvalue weighted by Crippen LogP contribution is 2.33. The molecule has 42 heavy (non-hydrogen) atoms. The van der Waals surface area contributed by atoms with E-state index in [1.54, 1.807) is 0 Å². The zero-order chi connectivity index (χ0) is 29.5. The highest BCUT2D eigenvalue weighted by molar-refractivity contribution is 5.98. The third-order valence-electron chi connectivity index (χ3n) is 7.21. The van der Waals surface area contributed by atoms with Gasteiger partial charge in [-0.05, 0) is 74.6 Å². The Labute approximate surface area is 247 Å². The Morgan fingerprint density at radius 2 is 1.79 bits per heavy atom. The van der Waals surface area contributed by atoms with Crippen molar-refractivity contribution in [2.45, 2.75) is 46.2 Å². The summed E-state index contributed by atoms with van der Waals surface area (Å²) in [5.74, 6) is 2.00. The molecule has 0 bridgehead atoms. The first-order valence-electron chi connectivity index (χ1n) is 14.5. The maximum atomic E-state index is 13.2. The Kier molecular flexibility index (Phi) is 9.38. The molecule has 2 aromatic carbocycles. The van der Waals surface area contributed by atoms with Crippen molar-refractivity contribution in [2.24, 2.45) is 10.2 Å². The summed E-state index contributed by atoms with van der Waals surface area (Å²) < 4.78 is 11.3. The summed E-state index contributed by atoms with van der Waals surface area (Å²) in [5, 5.41) is 11.7. The second kappa shape index (κ2) is 13.5. The predicted molar refractivity (Wildman–Crippen MR) is 165 cm³/mol. The summed E-state index contributed by atoms with van der Waals surface area (Å²) in [6.07, 6.45) is 3.58. The van der Waals surface area contributed by atoms with Crippen LogP contribution in [0.15, 0.2) is 77.0 Å². The van der Waals surface area contributed by atoms with E-state index < -0.39 is 0 Å². The topological polar surface area (TPSA) is 101 Å². The second-order valence-corrected chi connectivity index (χ2v) is 10.8. The summed E-state index contributed by atoms with van der Waals surface area (Å²) in [5.41, 5.74) is 6.49. The van der Waals surface area contributed by atoms with Crippen LogP contribution in [0.2, 0.25) is 0 Å². The largest absolute Gasteiger partial charge is 0.492 e. The van der Waals surface area contributed by atoms with Gasteiger partial charge in [0.25, 0.3) is 5.91 Å². The number of carbonyl (C=O) groups is 1. The summed E-state index contributed by atoms with van der Waals surface area (Å²) in [6.45, 7) is 13.2. The highest BCUT2D eigenvalue weighted by Gasteiger charge is 2.34. The Hall–Kier alpha value is -4.37. The number of nitrogens with zero attached hydrogens (tertiary/aromatic N) is 5. The van der Waals surface area contributed by atoms with Gasteiger partial charge in [0, 0.05) is 17.3 Å². The molecule has 9 heteroatoms. The van der Waals surface area contributed by atoms with Gasteiger partial charge in [-0.2, -0.15) is 10.2 Å². The van der Waals surface area contributed by atoms with Crippen LogP contribution in [0.25, 0.3) is 16.7 Å². The van der Waals surface area contributed by atoms with Crippen LogP contribution in [0.3, 0.4) is 0 Å². The minimum Gasteiger partial charge on any atom is -0.492 e. The number of ether oxygens (including phenoxy) is 2. The first kappa shape index (κ1) is 29.1. The van der Waals surface area contributed by atoms with E-state index in [4.69, 9.17) is 19.4 Å². The Bertz CT molecular complexity index is 1480. The molecule has 0 aliphatic carbocycles. The molecule has 0 fully saturated rings. The number of rotatable bonds is 12. The van der Waals surface area contributed by atoms with Crippen LogP contribution in [0.5, 0.6) is 5.75 Å². The van der Waals surface area contributed by atoms with Gasteiger partial charge in [-0.15, -0.1) is 6.58 Å². The standard InChI is InChI=1S/C33H38N6O3/c1-22(2)13-16-34-35-17-20-42-28-11-7-25(8-12-28)24-5-9-27(10-6-24)36-32-29-21-39(23(3)4)33(40)30(29)37-31(38-32)26-14-18-41-19-15-26/h5-12,14,23H,1,13,15-21H2,2-4H3,(H,36,37,38). The van der Waals surface area contributed by atoms with Crippen LogP contribution < -0.4 is 10.1 Å². The Balaban J connectivity index is 1.26. The number of aromatic nitrogens is 2. The molecule has 1 amide bonds. The van der Waals surface area contributed by atoms with E-state index in [1.807, 2.05) is 68.1 Å². The van der Waals surface area contributed by atoms with Crippen LogP contribution >= 0.6 is 0 Å². The first-order valence-corrected chi connectivity index (χ1v) is 14.5. The van der Waals surface area contributed by atoms with E-state index >= 15 is 0 Å². The van der Waals surface area contributed by atoms with Gasteiger partial charge in [-0.1, -0.05) is 35.9 Å². The molecule has 1 N–H and O–H groups in total. The number of benzene rings is 2. The minimum atomic E-state index is -0.0508. The fourth-order valence-corrected chi connectivity index (χ4v) is 4.80. The quantitative estimate of drug-likeness (QED) is 0.146. The second-order valence-electron chi connectivity index (χ2n) is 10.8. The molecule has 0 saturated carbocycles. The summed E-state index contributed by atoms with van der Waals surface area (Å²) in [6, 6.07) is 16.3. The van der Waals surface area contributed by atoms with Crippen molar-refractivity contribution >= 4 is 23.0 Å². The molecule has 0 atom stereocenters. The van der Waals surface area contributed by atoms with Crippen molar-refractivity contribution in [1.29, 1.82) is 0 Å². The smallest absolute Gasteiger partial charge is 0.273 e. The fourth-order valence-electron chi connectivity index (χ4n) is 4.80. The lowest BCUT2D eigenvalue weighted by Crippen LogP contribution is -2.31. The van der Waals surface area contributed by atoms with Crippen LogP contribution in [-0.4, -0.2) is 59.7 Å². The molecular formula is C33H38N6O3. The van der Waals surface area contributed by atoms with Crippen LogP contribution in [0, 0.1) is 0 Å². The number of nitrogens with one attached hydrogen (secondary N) is 1. The average molecular weight is 567 g/mol. The number of carbonyl (C=O) groups excluding carboxylic acids is 1. The number of hydrogen-bond donors (Lipinski definition) is 1. The van der Waals surface area contributed by atoms with E-state index in [2.05, 4.69) is 34.3 Å². The van der Waals surface area contributed by atoms with Crippen LogP contribution in [0.4, 0.5) is 11.5 Å². The summed E-state index contributed by atoms with van der Waals surface area (Å²) >= 11 is 0. The van der Waals surface area contributed by atoms with Gasteiger partial charge in [0.05, 0.1) is 32.8 Å². The zero-order valence-electron chi connectivity index (χ0n) is 24.6. The molecule has 3 heterocycles. The maximum Gasteiger partial charge on any atom is 0.273 e. The molecule has 0 unspecified atom stereocenters. The SMILES string of the molecule is C=C(C)CCN=NCCOc1ccc(-c2ccc(Nc3nc(C4=CCOCC4)nc4c3CN(C(C)C)C4=O)cc2)cc1. The molecule has 5 rings (SSSR count). The number of azo groups is 1. The Morgan fingerprint density at radius 3 is 2.45 bits per heavy atom. The molecule has 0 saturated heterocycles. The lowest BCUT2D eigenvalue weighted by molar-refractivity contribution is 0.0726.